The normalized spacial score (nSPS) is 14.0. The summed E-state index contributed by atoms with van der Waals surface area (Å²) in [5.74, 6) is -0.882. The van der Waals surface area contributed by atoms with Crippen LogP contribution in [0, 0.1) is 6.92 Å². The van der Waals surface area contributed by atoms with Gasteiger partial charge in [-0.1, -0.05) is 24.3 Å². The van der Waals surface area contributed by atoms with E-state index in [-0.39, 0.29) is 23.6 Å². The molecule has 2 aromatic carbocycles. The molecule has 2 heterocycles. The molecule has 170 valence electrons. The van der Waals surface area contributed by atoms with Gasteiger partial charge in [-0.15, -0.1) is 0 Å². The van der Waals surface area contributed by atoms with Crippen molar-refractivity contribution in [2.45, 2.75) is 25.9 Å². The predicted octanol–water partition coefficient (Wildman–Crippen LogP) is 5.48. The fourth-order valence-corrected chi connectivity index (χ4v) is 4.03. The van der Waals surface area contributed by atoms with Gasteiger partial charge < -0.3 is 9.80 Å². The summed E-state index contributed by atoms with van der Waals surface area (Å²) in [6, 6.07) is 12.5. The lowest BCUT2D eigenvalue weighted by Gasteiger charge is -2.23. The Hall–Kier alpha value is -3.68. The van der Waals surface area contributed by atoms with Crippen LogP contribution in [0.1, 0.15) is 34.3 Å². The van der Waals surface area contributed by atoms with Gasteiger partial charge in [0, 0.05) is 43.0 Å². The van der Waals surface area contributed by atoms with Crippen LogP contribution in [0.15, 0.2) is 60.9 Å². The van der Waals surface area contributed by atoms with E-state index >= 15 is 0 Å². The molecular formula is C25H22F3N3O2. The smallest absolute Gasteiger partial charge is 0.312 e. The number of anilines is 2. The van der Waals surface area contributed by atoms with E-state index in [4.69, 9.17) is 0 Å². The predicted molar refractivity (Wildman–Crippen MR) is 120 cm³/mol. The van der Waals surface area contributed by atoms with E-state index < -0.39 is 17.6 Å². The van der Waals surface area contributed by atoms with Gasteiger partial charge in [-0.3, -0.25) is 14.6 Å². The minimum Gasteiger partial charge on any atom is -0.312 e. The third-order valence-electron chi connectivity index (χ3n) is 5.78. The number of halogens is 3. The number of rotatable bonds is 4. The van der Waals surface area contributed by atoms with Crippen molar-refractivity contribution in [3.63, 3.8) is 0 Å². The van der Waals surface area contributed by atoms with Gasteiger partial charge in [-0.25, -0.2) is 0 Å². The molecule has 0 bridgehead atoms. The number of pyridine rings is 1. The molecule has 0 N–H and O–H groups in total. The van der Waals surface area contributed by atoms with E-state index in [0.717, 1.165) is 28.8 Å². The first kappa shape index (κ1) is 22.5. The molecule has 0 aliphatic carbocycles. The second-order valence-electron chi connectivity index (χ2n) is 7.99. The van der Waals surface area contributed by atoms with Crippen LogP contribution in [-0.2, 0) is 11.0 Å². The molecule has 1 aromatic heterocycles. The molecule has 0 atom stereocenters. The van der Waals surface area contributed by atoms with Gasteiger partial charge in [0.05, 0.1) is 17.4 Å². The van der Waals surface area contributed by atoms with Gasteiger partial charge >= 0.3 is 6.18 Å². The molecule has 4 rings (SSSR count). The summed E-state index contributed by atoms with van der Waals surface area (Å²) >= 11 is 0. The molecule has 1 saturated heterocycles. The Morgan fingerprint density at radius 2 is 1.85 bits per heavy atom. The number of alkyl halides is 3. The number of nitrogens with zero attached hydrogens (tertiary/aromatic N) is 3. The molecular weight excluding hydrogens is 431 g/mol. The van der Waals surface area contributed by atoms with Crippen molar-refractivity contribution in [2.24, 2.45) is 0 Å². The van der Waals surface area contributed by atoms with Crippen LogP contribution in [0.25, 0.3) is 11.1 Å². The first-order chi connectivity index (χ1) is 15.7. The second kappa shape index (κ2) is 8.69. The van der Waals surface area contributed by atoms with E-state index in [9.17, 15) is 22.8 Å². The van der Waals surface area contributed by atoms with Gasteiger partial charge in [0.25, 0.3) is 5.91 Å². The Labute approximate surface area is 189 Å². The molecule has 1 fully saturated rings. The number of benzene rings is 2. The molecule has 0 radical (unpaired) electrons. The summed E-state index contributed by atoms with van der Waals surface area (Å²) in [5.41, 5.74) is 2.04. The summed E-state index contributed by atoms with van der Waals surface area (Å²) in [4.78, 5) is 32.2. The highest BCUT2D eigenvalue weighted by Crippen LogP contribution is 2.36. The van der Waals surface area contributed by atoms with Gasteiger partial charge in [0.15, 0.2) is 0 Å². The van der Waals surface area contributed by atoms with E-state index in [1.165, 1.54) is 29.1 Å². The summed E-state index contributed by atoms with van der Waals surface area (Å²) in [6.45, 7) is 2.26. The van der Waals surface area contributed by atoms with E-state index in [0.29, 0.717) is 18.7 Å². The summed E-state index contributed by atoms with van der Waals surface area (Å²) in [6.07, 6.45) is -0.710. The Morgan fingerprint density at radius 1 is 1.09 bits per heavy atom. The Morgan fingerprint density at radius 3 is 2.52 bits per heavy atom. The fraction of sp³-hybridized carbons (Fsp3) is 0.240. The summed E-state index contributed by atoms with van der Waals surface area (Å²) < 4.78 is 40.8. The SMILES string of the molecule is Cc1ccccc1-c1ccncc1N(C)C(=O)c1cc(N2CCCC2=O)cc(C(F)(F)F)c1. The van der Waals surface area contributed by atoms with Crippen molar-refractivity contribution >= 4 is 23.2 Å². The number of aryl methyl sites for hydroxylation is 1. The molecule has 5 nitrogen and oxygen atoms in total. The Bertz CT molecular complexity index is 1220. The maximum absolute atomic E-state index is 13.6. The van der Waals surface area contributed by atoms with E-state index in [1.54, 1.807) is 12.3 Å². The number of amides is 2. The highest BCUT2D eigenvalue weighted by Gasteiger charge is 2.34. The van der Waals surface area contributed by atoms with Crippen LogP contribution in [-0.4, -0.2) is 30.4 Å². The first-order valence-electron chi connectivity index (χ1n) is 10.5. The topological polar surface area (TPSA) is 53.5 Å². The van der Waals surface area contributed by atoms with Crippen LogP contribution >= 0.6 is 0 Å². The molecule has 2 amide bonds. The van der Waals surface area contributed by atoms with Crippen molar-refractivity contribution in [3.05, 3.63) is 77.6 Å². The molecule has 8 heteroatoms. The third kappa shape index (κ3) is 4.46. The number of carbonyl (C=O) groups is 2. The van der Waals surface area contributed by atoms with Crippen molar-refractivity contribution < 1.29 is 22.8 Å². The van der Waals surface area contributed by atoms with Crippen molar-refractivity contribution in [1.82, 2.24) is 4.98 Å². The van der Waals surface area contributed by atoms with Gasteiger partial charge in [-0.2, -0.15) is 13.2 Å². The Balaban J connectivity index is 1.77. The maximum atomic E-state index is 13.6. The van der Waals surface area contributed by atoms with Crippen LogP contribution in [0.5, 0.6) is 0 Å². The lowest BCUT2D eigenvalue weighted by atomic mass is 9.99. The van der Waals surface area contributed by atoms with Crippen LogP contribution in [0.3, 0.4) is 0 Å². The van der Waals surface area contributed by atoms with Gasteiger partial charge in [0.1, 0.15) is 0 Å². The molecule has 1 aliphatic rings. The van der Waals surface area contributed by atoms with Crippen molar-refractivity contribution in [3.8, 4) is 11.1 Å². The fourth-order valence-electron chi connectivity index (χ4n) is 4.03. The highest BCUT2D eigenvalue weighted by molar-refractivity contribution is 6.09. The minimum absolute atomic E-state index is 0.0781. The molecule has 3 aromatic rings. The average molecular weight is 453 g/mol. The lowest BCUT2D eigenvalue weighted by molar-refractivity contribution is -0.137. The van der Waals surface area contributed by atoms with Crippen molar-refractivity contribution in [1.29, 1.82) is 0 Å². The van der Waals surface area contributed by atoms with Crippen LogP contribution in [0.4, 0.5) is 24.5 Å². The number of carbonyl (C=O) groups excluding carboxylic acids is 2. The molecule has 0 unspecified atom stereocenters. The van der Waals surface area contributed by atoms with Crippen LogP contribution < -0.4 is 9.80 Å². The molecule has 1 aliphatic heterocycles. The number of hydrogen-bond donors (Lipinski definition) is 0. The van der Waals surface area contributed by atoms with Crippen molar-refractivity contribution in [2.75, 3.05) is 23.4 Å². The minimum atomic E-state index is -4.66. The zero-order valence-electron chi connectivity index (χ0n) is 18.2. The third-order valence-corrected chi connectivity index (χ3v) is 5.78. The lowest BCUT2D eigenvalue weighted by Crippen LogP contribution is -2.29. The standard InChI is InChI=1S/C25H22F3N3O2/c1-16-6-3-4-7-20(16)21-9-10-29-15-22(21)30(2)24(33)17-12-18(25(26,27)28)14-19(13-17)31-11-5-8-23(31)32/h3-4,6-7,9-10,12-15H,5,8,11H2,1-2H3. The summed E-state index contributed by atoms with van der Waals surface area (Å²) in [5, 5.41) is 0. The maximum Gasteiger partial charge on any atom is 0.416 e. The second-order valence-corrected chi connectivity index (χ2v) is 7.99. The van der Waals surface area contributed by atoms with Gasteiger partial charge in [-0.05, 0) is 48.7 Å². The highest BCUT2D eigenvalue weighted by atomic mass is 19.4. The molecule has 33 heavy (non-hydrogen) atoms. The van der Waals surface area contributed by atoms with E-state index in [2.05, 4.69) is 4.98 Å². The Kier molecular flexibility index (Phi) is 5.93. The first-order valence-corrected chi connectivity index (χ1v) is 10.5. The van der Waals surface area contributed by atoms with E-state index in [1.807, 2.05) is 31.2 Å². The number of hydrogen-bond acceptors (Lipinski definition) is 3. The zero-order valence-corrected chi connectivity index (χ0v) is 18.2. The quantitative estimate of drug-likeness (QED) is 0.526. The molecule has 0 spiro atoms. The molecule has 0 saturated carbocycles. The summed E-state index contributed by atoms with van der Waals surface area (Å²) in [7, 11) is 1.50. The number of aromatic nitrogens is 1. The largest absolute Gasteiger partial charge is 0.416 e. The average Bonchev–Trinajstić information content (AvgIpc) is 3.23. The van der Waals surface area contributed by atoms with Gasteiger partial charge in [0.2, 0.25) is 5.91 Å². The van der Waals surface area contributed by atoms with Crippen LogP contribution in [0.2, 0.25) is 0 Å². The zero-order chi connectivity index (χ0) is 23.8. The monoisotopic (exact) mass is 453 g/mol.